The van der Waals surface area contributed by atoms with Gasteiger partial charge in [-0.3, -0.25) is 0 Å². The zero-order valence-electron chi connectivity index (χ0n) is 7.60. The van der Waals surface area contributed by atoms with Crippen LogP contribution in [-0.4, -0.2) is 21.9 Å². The van der Waals surface area contributed by atoms with Gasteiger partial charge in [-0.05, 0) is 17.7 Å². The van der Waals surface area contributed by atoms with Crippen molar-refractivity contribution in [3.05, 3.63) is 23.9 Å². The number of aliphatic hydroxyl groups excluding tert-OH is 1. The van der Waals surface area contributed by atoms with Crippen LogP contribution in [0.15, 0.2) is 18.3 Å². The van der Waals surface area contributed by atoms with Crippen molar-refractivity contribution >= 4 is 17.6 Å². The van der Waals surface area contributed by atoms with Gasteiger partial charge in [0.15, 0.2) is 0 Å². The topological polar surface area (TPSA) is 59.1 Å². The molecule has 1 unspecified atom stereocenters. The van der Waals surface area contributed by atoms with Crippen LogP contribution in [0.4, 0.5) is 5.82 Å². The Morgan fingerprint density at radius 1 is 1.69 bits per heavy atom. The highest BCUT2D eigenvalue weighted by atomic mass is 32.2. The fraction of sp³-hybridized carbons (Fsp3) is 0.444. The van der Waals surface area contributed by atoms with Crippen molar-refractivity contribution in [3.8, 4) is 0 Å². The minimum Gasteiger partial charge on any atom is -0.395 e. The first kappa shape index (κ1) is 10.3. The number of rotatable bonds is 4. The number of hydrogen-bond donors (Lipinski definition) is 2. The summed E-state index contributed by atoms with van der Waals surface area (Å²) in [6.07, 6.45) is 1.70. The van der Waals surface area contributed by atoms with Crippen LogP contribution in [0, 0.1) is 0 Å². The normalized spacial score (nSPS) is 12.8. The highest BCUT2D eigenvalue weighted by Crippen LogP contribution is 2.17. The number of nitrogen functional groups attached to an aromatic ring is 1. The predicted octanol–water partition coefficient (Wildman–Crippen LogP) is 1.28. The van der Waals surface area contributed by atoms with Gasteiger partial charge in [0, 0.05) is 17.2 Å². The standard InChI is InChI=1S/C9H14N2OS/c1-7(5-12)13-6-8-2-3-11-9(10)4-8/h2-4,7,12H,5-6H2,1H3,(H2,10,11). The van der Waals surface area contributed by atoms with Crippen LogP contribution in [-0.2, 0) is 5.75 Å². The molecule has 1 aromatic rings. The van der Waals surface area contributed by atoms with Crippen LogP contribution in [0.2, 0.25) is 0 Å². The molecule has 0 radical (unpaired) electrons. The van der Waals surface area contributed by atoms with Crippen LogP contribution in [0.25, 0.3) is 0 Å². The lowest BCUT2D eigenvalue weighted by Crippen LogP contribution is -2.02. The van der Waals surface area contributed by atoms with Crippen molar-refractivity contribution in [2.75, 3.05) is 12.3 Å². The molecule has 0 aromatic carbocycles. The molecule has 1 atom stereocenters. The minimum atomic E-state index is 0.214. The number of thioether (sulfide) groups is 1. The Labute approximate surface area is 82.4 Å². The quantitative estimate of drug-likeness (QED) is 0.765. The lowest BCUT2D eigenvalue weighted by atomic mass is 10.3. The zero-order chi connectivity index (χ0) is 9.68. The Morgan fingerprint density at radius 2 is 2.46 bits per heavy atom. The molecule has 0 spiro atoms. The van der Waals surface area contributed by atoms with Gasteiger partial charge in [0.1, 0.15) is 5.82 Å². The smallest absolute Gasteiger partial charge is 0.123 e. The lowest BCUT2D eigenvalue weighted by molar-refractivity contribution is 0.300. The number of pyridine rings is 1. The van der Waals surface area contributed by atoms with Crippen LogP contribution in [0.1, 0.15) is 12.5 Å². The lowest BCUT2D eigenvalue weighted by Gasteiger charge is -2.07. The largest absolute Gasteiger partial charge is 0.395 e. The van der Waals surface area contributed by atoms with Gasteiger partial charge in [-0.2, -0.15) is 11.8 Å². The van der Waals surface area contributed by atoms with E-state index >= 15 is 0 Å². The molecule has 13 heavy (non-hydrogen) atoms. The molecule has 3 nitrogen and oxygen atoms in total. The van der Waals surface area contributed by atoms with E-state index in [1.165, 1.54) is 0 Å². The number of anilines is 1. The van der Waals surface area contributed by atoms with E-state index in [2.05, 4.69) is 4.98 Å². The number of aromatic nitrogens is 1. The van der Waals surface area contributed by atoms with E-state index in [0.29, 0.717) is 5.82 Å². The van der Waals surface area contributed by atoms with Gasteiger partial charge in [-0.15, -0.1) is 0 Å². The van der Waals surface area contributed by atoms with Crippen LogP contribution in [0.5, 0.6) is 0 Å². The van der Waals surface area contributed by atoms with Crippen molar-refractivity contribution in [2.45, 2.75) is 17.9 Å². The summed E-state index contributed by atoms with van der Waals surface area (Å²) in [6.45, 7) is 2.21. The minimum absolute atomic E-state index is 0.214. The number of aliphatic hydroxyl groups is 1. The Hall–Kier alpha value is -0.740. The molecule has 0 saturated heterocycles. The van der Waals surface area contributed by atoms with Crippen LogP contribution in [0.3, 0.4) is 0 Å². The molecule has 0 bridgehead atoms. The summed E-state index contributed by atoms with van der Waals surface area (Å²) in [5, 5.41) is 9.08. The molecule has 0 aliphatic heterocycles. The summed E-state index contributed by atoms with van der Waals surface area (Å²) < 4.78 is 0. The number of hydrogen-bond acceptors (Lipinski definition) is 4. The molecule has 0 amide bonds. The maximum atomic E-state index is 8.81. The van der Waals surface area contributed by atoms with Gasteiger partial charge in [0.2, 0.25) is 0 Å². The average Bonchev–Trinajstić information content (AvgIpc) is 2.14. The Morgan fingerprint density at radius 3 is 3.08 bits per heavy atom. The fourth-order valence-corrected chi connectivity index (χ4v) is 1.64. The Balaban J connectivity index is 2.45. The van der Waals surface area contributed by atoms with Gasteiger partial charge in [-0.25, -0.2) is 4.98 Å². The third-order valence-corrected chi connectivity index (χ3v) is 2.86. The molecule has 3 N–H and O–H groups in total. The van der Waals surface area contributed by atoms with E-state index in [0.717, 1.165) is 11.3 Å². The summed E-state index contributed by atoms with van der Waals surface area (Å²) in [6, 6.07) is 3.80. The zero-order valence-corrected chi connectivity index (χ0v) is 8.42. The number of nitrogens with zero attached hydrogens (tertiary/aromatic N) is 1. The second kappa shape index (κ2) is 5.09. The second-order valence-corrected chi connectivity index (χ2v) is 4.32. The van der Waals surface area contributed by atoms with Gasteiger partial charge < -0.3 is 10.8 Å². The summed E-state index contributed by atoms with van der Waals surface area (Å²) in [7, 11) is 0. The van der Waals surface area contributed by atoms with Crippen molar-refractivity contribution in [1.82, 2.24) is 4.98 Å². The third-order valence-electron chi connectivity index (χ3n) is 1.64. The van der Waals surface area contributed by atoms with Gasteiger partial charge >= 0.3 is 0 Å². The van der Waals surface area contributed by atoms with E-state index in [1.807, 2.05) is 19.1 Å². The fourth-order valence-electron chi connectivity index (χ4n) is 0.875. The molecule has 0 saturated carbocycles. The van der Waals surface area contributed by atoms with Crippen molar-refractivity contribution in [3.63, 3.8) is 0 Å². The Bertz CT molecular complexity index is 268. The van der Waals surface area contributed by atoms with Crippen molar-refractivity contribution < 1.29 is 5.11 Å². The molecule has 1 rings (SSSR count). The number of nitrogens with two attached hydrogens (primary N) is 1. The molecule has 4 heteroatoms. The first-order valence-corrected chi connectivity index (χ1v) is 5.20. The molecular formula is C9H14N2OS. The predicted molar refractivity (Wildman–Crippen MR) is 56.5 cm³/mol. The molecule has 1 aromatic heterocycles. The SMILES string of the molecule is CC(CO)SCc1ccnc(N)c1. The van der Waals surface area contributed by atoms with E-state index < -0.39 is 0 Å². The van der Waals surface area contributed by atoms with E-state index in [1.54, 1.807) is 18.0 Å². The molecule has 1 heterocycles. The second-order valence-electron chi connectivity index (χ2n) is 2.89. The summed E-state index contributed by atoms with van der Waals surface area (Å²) in [5.74, 6) is 1.42. The van der Waals surface area contributed by atoms with Crippen LogP contribution >= 0.6 is 11.8 Å². The molecule has 0 aliphatic carbocycles. The molecule has 0 fully saturated rings. The average molecular weight is 198 g/mol. The van der Waals surface area contributed by atoms with Crippen LogP contribution < -0.4 is 5.73 Å². The van der Waals surface area contributed by atoms with Gasteiger partial charge in [-0.1, -0.05) is 6.92 Å². The van der Waals surface area contributed by atoms with E-state index in [4.69, 9.17) is 10.8 Å². The van der Waals surface area contributed by atoms with Crippen molar-refractivity contribution in [2.24, 2.45) is 0 Å². The highest BCUT2D eigenvalue weighted by molar-refractivity contribution is 7.99. The molecule has 0 aliphatic rings. The summed E-state index contributed by atoms with van der Waals surface area (Å²) in [5.41, 5.74) is 6.68. The Kier molecular flexibility index (Phi) is 4.05. The first-order chi connectivity index (χ1) is 6.22. The van der Waals surface area contributed by atoms with Crippen molar-refractivity contribution in [1.29, 1.82) is 0 Å². The van der Waals surface area contributed by atoms with Gasteiger partial charge in [0.25, 0.3) is 0 Å². The maximum absolute atomic E-state index is 8.81. The van der Waals surface area contributed by atoms with Gasteiger partial charge in [0.05, 0.1) is 6.61 Å². The maximum Gasteiger partial charge on any atom is 0.123 e. The molecular weight excluding hydrogens is 184 g/mol. The third kappa shape index (κ3) is 3.65. The first-order valence-electron chi connectivity index (χ1n) is 4.15. The van der Waals surface area contributed by atoms with E-state index in [-0.39, 0.29) is 11.9 Å². The summed E-state index contributed by atoms with van der Waals surface area (Å²) in [4.78, 5) is 3.91. The highest BCUT2D eigenvalue weighted by Gasteiger charge is 2.01. The molecule has 72 valence electrons. The van der Waals surface area contributed by atoms with E-state index in [9.17, 15) is 0 Å². The summed E-state index contributed by atoms with van der Waals surface area (Å²) >= 11 is 1.70. The monoisotopic (exact) mass is 198 g/mol.